The second-order valence-corrected chi connectivity index (χ2v) is 5.77. The summed E-state index contributed by atoms with van der Waals surface area (Å²) >= 11 is 0. The van der Waals surface area contributed by atoms with Crippen molar-refractivity contribution in [3.05, 3.63) is 65.7 Å². The molecule has 1 N–H and O–H groups in total. The lowest BCUT2D eigenvalue weighted by atomic mass is 9.92. The number of aliphatic hydroxyl groups is 1. The Morgan fingerprint density at radius 1 is 0.905 bits per heavy atom. The Kier molecular flexibility index (Phi) is 5.40. The summed E-state index contributed by atoms with van der Waals surface area (Å²) in [5.41, 5.74) is 2.12. The van der Waals surface area contributed by atoms with Crippen LogP contribution in [0.4, 0.5) is 0 Å². The number of rotatable bonds is 6. The topological polar surface area (TPSA) is 29.5 Å². The summed E-state index contributed by atoms with van der Waals surface area (Å²) in [5, 5.41) is 10.6. The molecule has 2 aromatic carbocycles. The van der Waals surface area contributed by atoms with Crippen LogP contribution in [0.3, 0.4) is 0 Å². The molecule has 21 heavy (non-hydrogen) atoms. The molecule has 0 aliphatic heterocycles. The molecule has 2 heteroatoms. The van der Waals surface area contributed by atoms with Gasteiger partial charge >= 0.3 is 0 Å². The minimum atomic E-state index is -0.518. The fourth-order valence-corrected chi connectivity index (χ4v) is 2.50. The molecule has 2 atom stereocenters. The Morgan fingerprint density at radius 3 is 2.19 bits per heavy atom. The summed E-state index contributed by atoms with van der Waals surface area (Å²) in [6, 6.07) is 18.0. The van der Waals surface area contributed by atoms with Crippen LogP contribution in [0, 0.1) is 0 Å². The SMILES string of the molecule is CC(C)Oc1ccccc1C(O)CC(C)c1ccccc1. The van der Waals surface area contributed by atoms with Crippen molar-refractivity contribution in [1.82, 2.24) is 0 Å². The molecule has 0 aliphatic carbocycles. The normalized spacial score (nSPS) is 14.0. The van der Waals surface area contributed by atoms with Gasteiger partial charge in [0.05, 0.1) is 12.2 Å². The third-order valence-electron chi connectivity index (χ3n) is 3.59. The van der Waals surface area contributed by atoms with Crippen LogP contribution in [0.15, 0.2) is 54.6 Å². The van der Waals surface area contributed by atoms with Crippen molar-refractivity contribution in [1.29, 1.82) is 0 Å². The number of aliphatic hydroxyl groups excluding tert-OH is 1. The average Bonchev–Trinajstić information content (AvgIpc) is 2.48. The van der Waals surface area contributed by atoms with E-state index < -0.39 is 6.10 Å². The van der Waals surface area contributed by atoms with Crippen LogP contribution >= 0.6 is 0 Å². The maximum Gasteiger partial charge on any atom is 0.125 e. The van der Waals surface area contributed by atoms with Gasteiger partial charge in [0.2, 0.25) is 0 Å². The van der Waals surface area contributed by atoms with Gasteiger partial charge in [0.25, 0.3) is 0 Å². The number of ether oxygens (including phenoxy) is 1. The highest BCUT2D eigenvalue weighted by Gasteiger charge is 2.17. The minimum Gasteiger partial charge on any atom is -0.491 e. The summed E-state index contributed by atoms with van der Waals surface area (Å²) in [6.45, 7) is 6.13. The molecule has 2 aromatic rings. The van der Waals surface area contributed by atoms with Crippen molar-refractivity contribution >= 4 is 0 Å². The van der Waals surface area contributed by atoms with E-state index in [0.29, 0.717) is 12.3 Å². The lowest BCUT2D eigenvalue weighted by Crippen LogP contribution is -2.10. The second-order valence-electron chi connectivity index (χ2n) is 5.77. The fraction of sp³-hybridized carbons (Fsp3) is 0.368. The van der Waals surface area contributed by atoms with Gasteiger partial charge in [0, 0.05) is 5.56 Å². The Hall–Kier alpha value is -1.80. The second kappa shape index (κ2) is 7.28. The molecular formula is C19H24O2. The summed E-state index contributed by atoms with van der Waals surface area (Å²) in [7, 11) is 0. The van der Waals surface area contributed by atoms with E-state index in [1.54, 1.807) is 0 Å². The van der Waals surface area contributed by atoms with Gasteiger partial charge in [-0.05, 0) is 37.8 Å². The summed E-state index contributed by atoms with van der Waals surface area (Å²) < 4.78 is 5.79. The molecule has 0 heterocycles. The third kappa shape index (κ3) is 4.33. The van der Waals surface area contributed by atoms with Crippen molar-refractivity contribution in [2.45, 2.75) is 45.3 Å². The molecule has 112 valence electrons. The zero-order chi connectivity index (χ0) is 15.2. The zero-order valence-corrected chi connectivity index (χ0v) is 13.0. The predicted octanol–water partition coefficient (Wildman–Crippen LogP) is 4.70. The van der Waals surface area contributed by atoms with Crippen LogP contribution in [0.2, 0.25) is 0 Å². The standard InChI is InChI=1S/C19H24O2/c1-14(2)21-19-12-8-7-11-17(19)18(20)13-15(3)16-9-5-4-6-10-16/h4-12,14-15,18,20H,13H2,1-3H3. The van der Waals surface area contributed by atoms with Crippen LogP contribution < -0.4 is 4.74 Å². The molecule has 0 aliphatic rings. The molecule has 0 amide bonds. The highest BCUT2D eigenvalue weighted by molar-refractivity contribution is 5.35. The summed E-state index contributed by atoms with van der Waals surface area (Å²) in [6.07, 6.45) is 0.266. The maximum absolute atomic E-state index is 10.6. The number of hydrogen-bond acceptors (Lipinski definition) is 2. The smallest absolute Gasteiger partial charge is 0.125 e. The monoisotopic (exact) mass is 284 g/mol. The number of hydrogen-bond donors (Lipinski definition) is 1. The van der Waals surface area contributed by atoms with Crippen molar-refractivity contribution < 1.29 is 9.84 Å². The van der Waals surface area contributed by atoms with Crippen LogP contribution in [-0.2, 0) is 0 Å². The first-order chi connectivity index (χ1) is 10.1. The van der Waals surface area contributed by atoms with Gasteiger partial charge in [-0.3, -0.25) is 0 Å². The van der Waals surface area contributed by atoms with Gasteiger partial charge in [-0.25, -0.2) is 0 Å². The van der Waals surface area contributed by atoms with Crippen LogP contribution in [0.25, 0.3) is 0 Å². The quantitative estimate of drug-likeness (QED) is 0.833. The van der Waals surface area contributed by atoms with E-state index in [2.05, 4.69) is 19.1 Å². The molecule has 0 spiro atoms. The molecule has 0 bridgehead atoms. The average molecular weight is 284 g/mol. The van der Waals surface area contributed by atoms with E-state index in [0.717, 1.165) is 11.3 Å². The Labute approximate surface area is 127 Å². The molecular weight excluding hydrogens is 260 g/mol. The van der Waals surface area contributed by atoms with E-state index in [1.165, 1.54) is 5.56 Å². The maximum atomic E-state index is 10.6. The Morgan fingerprint density at radius 2 is 1.52 bits per heavy atom. The van der Waals surface area contributed by atoms with Crippen LogP contribution in [0.5, 0.6) is 5.75 Å². The molecule has 0 fully saturated rings. The third-order valence-corrected chi connectivity index (χ3v) is 3.59. The van der Waals surface area contributed by atoms with Gasteiger partial charge in [-0.15, -0.1) is 0 Å². The molecule has 2 unspecified atom stereocenters. The number of benzene rings is 2. The predicted molar refractivity (Wildman–Crippen MR) is 86.6 cm³/mol. The Bertz CT molecular complexity index is 549. The van der Waals surface area contributed by atoms with Gasteiger partial charge in [0.15, 0.2) is 0 Å². The van der Waals surface area contributed by atoms with E-state index in [1.807, 2.05) is 56.3 Å². The highest BCUT2D eigenvalue weighted by Crippen LogP contribution is 2.33. The minimum absolute atomic E-state index is 0.102. The van der Waals surface area contributed by atoms with Gasteiger partial charge in [-0.1, -0.05) is 55.5 Å². The van der Waals surface area contributed by atoms with Crippen molar-refractivity contribution in [2.75, 3.05) is 0 Å². The first kappa shape index (κ1) is 15.6. The first-order valence-electron chi connectivity index (χ1n) is 7.56. The highest BCUT2D eigenvalue weighted by atomic mass is 16.5. The lowest BCUT2D eigenvalue weighted by Gasteiger charge is -2.21. The van der Waals surface area contributed by atoms with Crippen molar-refractivity contribution in [3.8, 4) is 5.75 Å². The fourth-order valence-electron chi connectivity index (χ4n) is 2.50. The molecule has 2 nitrogen and oxygen atoms in total. The van der Waals surface area contributed by atoms with E-state index in [9.17, 15) is 5.11 Å². The van der Waals surface area contributed by atoms with Crippen molar-refractivity contribution in [2.24, 2.45) is 0 Å². The van der Waals surface area contributed by atoms with E-state index >= 15 is 0 Å². The van der Waals surface area contributed by atoms with Crippen LogP contribution in [-0.4, -0.2) is 11.2 Å². The first-order valence-corrected chi connectivity index (χ1v) is 7.56. The number of para-hydroxylation sites is 1. The van der Waals surface area contributed by atoms with E-state index in [4.69, 9.17) is 4.74 Å². The molecule has 0 saturated heterocycles. The molecule has 0 aromatic heterocycles. The lowest BCUT2D eigenvalue weighted by molar-refractivity contribution is 0.150. The largest absolute Gasteiger partial charge is 0.491 e. The molecule has 0 radical (unpaired) electrons. The Balaban J connectivity index is 2.11. The van der Waals surface area contributed by atoms with Crippen LogP contribution in [0.1, 0.15) is 50.3 Å². The van der Waals surface area contributed by atoms with Gasteiger partial charge in [0.1, 0.15) is 5.75 Å². The van der Waals surface area contributed by atoms with E-state index in [-0.39, 0.29) is 6.10 Å². The summed E-state index contributed by atoms with van der Waals surface area (Å²) in [5.74, 6) is 1.08. The molecule has 0 saturated carbocycles. The van der Waals surface area contributed by atoms with Crippen molar-refractivity contribution in [3.63, 3.8) is 0 Å². The summed E-state index contributed by atoms with van der Waals surface area (Å²) in [4.78, 5) is 0. The van der Waals surface area contributed by atoms with Gasteiger partial charge < -0.3 is 9.84 Å². The van der Waals surface area contributed by atoms with Gasteiger partial charge in [-0.2, -0.15) is 0 Å². The zero-order valence-electron chi connectivity index (χ0n) is 13.0. The molecule has 2 rings (SSSR count).